The van der Waals surface area contributed by atoms with Crippen molar-refractivity contribution in [3.8, 4) is 0 Å². The van der Waals surface area contributed by atoms with Crippen molar-refractivity contribution in [3.05, 3.63) is 48.0 Å². The number of likely N-dealkylation sites (tertiary alicyclic amines) is 1. The number of carbonyl (C=O) groups is 1. The van der Waals surface area contributed by atoms with Crippen molar-refractivity contribution in [2.45, 2.75) is 51.6 Å². The van der Waals surface area contributed by atoms with E-state index in [0.717, 1.165) is 37.9 Å². The third kappa shape index (κ3) is 3.97. The minimum atomic E-state index is 0.261. The van der Waals surface area contributed by atoms with Gasteiger partial charge in [-0.3, -0.25) is 14.5 Å². The summed E-state index contributed by atoms with van der Waals surface area (Å²) >= 11 is 0. The standard InChI is InChI=1S/C18H24N4O/c1-15-6-12-20-22(15)14-9-18(23)21-13-2-3-17(21)5-4-16-7-10-19-11-8-16/h6-8,10-12,17H,2-5,9,13-14H2,1H3. The van der Waals surface area contributed by atoms with Gasteiger partial charge < -0.3 is 4.90 Å². The largest absolute Gasteiger partial charge is 0.340 e. The van der Waals surface area contributed by atoms with E-state index < -0.39 is 0 Å². The van der Waals surface area contributed by atoms with Crippen molar-refractivity contribution < 1.29 is 4.79 Å². The number of hydrogen-bond acceptors (Lipinski definition) is 3. The zero-order valence-electron chi connectivity index (χ0n) is 13.7. The SMILES string of the molecule is Cc1ccnn1CCC(=O)N1CCCC1CCc1ccncc1. The molecule has 122 valence electrons. The summed E-state index contributed by atoms with van der Waals surface area (Å²) in [5, 5.41) is 4.25. The normalized spacial score (nSPS) is 17.6. The van der Waals surface area contributed by atoms with Crippen LogP contribution in [0.1, 0.15) is 36.9 Å². The van der Waals surface area contributed by atoms with E-state index in [1.54, 1.807) is 6.20 Å². The van der Waals surface area contributed by atoms with Crippen LogP contribution in [0, 0.1) is 6.92 Å². The predicted octanol–water partition coefficient (Wildman–Crippen LogP) is 2.60. The van der Waals surface area contributed by atoms with Crippen molar-refractivity contribution in [2.75, 3.05) is 6.54 Å². The van der Waals surface area contributed by atoms with Crippen LogP contribution in [0.25, 0.3) is 0 Å². The van der Waals surface area contributed by atoms with E-state index in [9.17, 15) is 4.79 Å². The molecule has 1 atom stereocenters. The van der Waals surface area contributed by atoms with Gasteiger partial charge in [-0.1, -0.05) is 0 Å². The molecular formula is C18H24N4O. The molecule has 1 aliphatic heterocycles. The molecule has 0 saturated carbocycles. The number of hydrogen-bond donors (Lipinski definition) is 0. The Morgan fingerprint density at radius 2 is 2.09 bits per heavy atom. The second-order valence-corrected chi connectivity index (χ2v) is 6.22. The maximum absolute atomic E-state index is 12.5. The average Bonchev–Trinajstić information content (AvgIpc) is 3.20. The lowest BCUT2D eigenvalue weighted by atomic mass is 10.0. The number of rotatable bonds is 6. The van der Waals surface area contributed by atoms with E-state index >= 15 is 0 Å². The van der Waals surface area contributed by atoms with Gasteiger partial charge in [-0.2, -0.15) is 5.10 Å². The van der Waals surface area contributed by atoms with Crippen LogP contribution in [0.3, 0.4) is 0 Å². The lowest BCUT2D eigenvalue weighted by Gasteiger charge is -2.25. The first-order valence-corrected chi connectivity index (χ1v) is 8.41. The zero-order valence-corrected chi connectivity index (χ0v) is 13.7. The Balaban J connectivity index is 1.51. The predicted molar refractivity (Wildman–Crippen MR) is 88.9 cm³/mol. The first-order valence-electron chi connectivity index (χ1n) is 8.41. The molecule has 0 radical (unpaired) electrons. The van der Waals surface area contributed by atoms with E-state index in [1.807, 2.05) is 30.1 Å². The zero-order chi connectivity index (χ0) is 16.1. The number of pyridine rings is 1. The quantitative estimate of drug-likeness (QED) is 0.824. The van der Waals surface area contributed by atoms with Crippen LogP contribution in [0.15, 0.2) is 36.8 Å². The number of amides is 1. The Kier molecular flexibility index (Phi) is 5.05. The molecule has 23 heavy (non-hydrogen) atoms. The highest BCUT2D eigenvalue weighted by Crippen LogP contribution is 2.22. The smallest absolute Gasteiger partial charge is 0.224 e. The third-order valence-corrected chi connectivity index (χ3v) is 4.68. The molecule has 0 aromatic carbocycles. The lowest BCUT2D eigenvalue weighted by Crippen LogP contribution is -2.36. The second kappa shape index (κ2) is 7.40. The highest BCUT2D eigenvalue weighted by atomic mass is 16.2. The minimum Gasteiger partial charge on any atom is -0.340 e. The van der Waals surface area contributed by atoms with Crippen LogP contribution in [0.4, 0.5) is 0 Å². The van der Waals surface area contributed by atoms with Crippen molar-refractivity contribution in [1.82, 2.24) is 19.7 Å². The fourth-order valence-corrected chi connectivity index (χ4v) is 3.32. The van der Waals surface area contributed by atoms with Crippen LogP contribution < -0.4 is 0 Å². The molecule has 1 amide bonds. The molecule has 2 aromatic heterocycles. The summed E-state index contributed by atoms with van der Waals surface area (Å²) in [6.45, 7) is 3.59. The van der Waals surface area contributed by atoms with Crippen LogP contribution in [0.5, 0.6) is 0 Å². The molecule has 0 bridgehead atoms. The molecular weight excluding hydrogens is 288 g/mol. The molecule has 5 nitrogen and oxygen atoms in total. The van der Waals surface area contributed by atoms with Gasteiger partial charge in [0.05, 0.1) is 0 Å². The summed E-state index contributed by atoms with van der Waals surface area (Å²) in [6, 6.07) is 6.47. The van der Waals surface area contributed by atoms with Crippen LogP contribution in [-0.2, 0) is 17.8 Å². The molecule has 1 aliphatic rings. The molecule has 0 spiro atoms. The van der Waals surface area contributed by atoms with E-state index in [4.69, 9.17) is 0 Å². The molecule has 3 rings (SSSR count). The maximum Gasteiger partial charge on any atom is 0.224 e. The molecule has 0 aliphatic carbocycles. The van der Waals surface area contributed by atoms with Crippen LogP contribution in [0.2, 0.25) is 0 Å². The molecule has 1 fully saturated rings. The molecule has 2 aromatic rings. The van der Waals surface area contributed by atoms with Crippen LogP contribution >= 0.6 is 0 Å². The summed E-state index contributed by atoms with van der Waals surface area (Å²) in [4.78, 5) is 18.7. The van der Waals surface area contributed by atoms with E-state index in [-0.39, 0.29) is 5.91 Å². The van der Waals surface area contributed by atoms with Gasteiger partial charge in [0.25, 0.3) is 0 Å². The van der Waals surface area contributed by atoms with E-state index in [2.05, 4.69) is 27.1 Å². The average molecular weight is 312 g/mol. The Morgan fingerprint density at radius 1 is 1.26 bits per heavy atom. The summed E-state index contributed by atoms with van der Waals surface area (Å²) in [6.07, 6.45) is 10.3. The maximum atomic E-state index is 12.5. The number of carbonyl (C=O) groups excluding carboxylic acids is 1. The highest BCUT2D eigenvalue weighted by Gasteiger charge is 2.28. The van der Waals surface area contributed by atoms with Gasteiger partial charge in [-0.05, 0) is 56.4 Å². The topological polar surface area (TPSA) is 51.0 Å². The monoisotopic (exact) mass is 312 g/mol. The first-order chi connectivity index (χ1) is 11.2. The lowest BCUT2D eigenvalue weighted by molar-refractivity contribution is -0.132. The third-order valence-electron chi connectivity index (χ3n) is 4.68. The molecule has 5 heteroatoms. The fraction of sp³-hybridized carbons (Fsp3) is 0.500. The number of nitrogens with zero attached hydrogens (tertiary/aromatic N) is 4. The number of aromatic nitrogens is 3. The van der Waals surface area contributed by atoms with Crippen molar-refractivity contribution in [1.29, 1.82) is 0 Å². The van der Waals surface area contributed by atoms with Crippen molar-refractivity contribution >= 4 is 5.91 Å². The van der Waals surface area contributed by atoms with E-state index in [1.165, 1.54) is 5.56 Å². The van der Waals surface area contributed by atoms with Crippen molar-refractivity contribution in [3.63, 3.8) is 0 Å². The molecule has 1 unspecified atom stereocenters. The van der Waals surface area contributed by atoms with Gasteiger partial charge in [0.2, 0.25) is 5.91 Å². The summed E-state index contributed by atoms with van der Waals surface area (Å²) in [5.41, 5.74) is 2.40. The Labute approximate surface area is 137 Å². The molecule has 0 N–H and O–H groups in total. The van der Waals surface area contributed by atoms with Gasteiger partial charge in [0.1, 0.15) is 0 Å². The van der Waals surface area contributed by atoms with Gasteiger partial charge in [-0.15, -0.1) is 0 Å². The van der Waals surface area contributed by atoms with E-state index in [0.29, 0.717) is 19.0 Å². The Morgan fingerprint density at radius 3 is 2.83 bits per heavy atom. The summed E-state index contributed by atoms with van der Waals surface area (Å²) in [7, 11) is 0. The number of aryl methyl sites for hydroxylation is 3. The Hall–Kier alpha value is -2.17. The van der Waals surface area contributed by atoms with Gasteiger partial charge in [0.15, 0.2) is 0 Å². The second-order valence-electron chi connectivity index (χ2n) is 6.22. The van der Waals surface area contributed by atoms with Gasteiger partial charge >= 0.3 is 0 Å². The van der Waals surface area contributed by atoms with Crippen molar-refractivity contribution in [2.24, 2.45) is 0 Å². The van der Waals surface area contributed by atoms with Gasteiger partial charge in [0, 0.05) is 49.8 Å². The van der Waals surface area contributed by atoms with Gasteiger partial charge in [-0.25, -0.2) is 0 Å². The Bertz CT molecular complexity index is 637. The minimum absolute atomic E-state index is 0.261. The molecule has 1 saturated heterocycles. The molecule has 3 heterocycles. The first kappa shape index (κ1) is 15.7. The highest BCUT2D eigenvalue weighted by molar-refractivity contribution is 5.76. The summed E-state index contributed by atoms with van der Waals surface area (Å²) < 4.78 is 1.90. The summed E-state index contributed by atoms with van der Waals surface area (Å²) in [5.74, 6) is 0.261. The fourth-order valence-electron chi connectivity index (χ4n) is 3.32. The van der Waals surface area contributed by atoms with Crippen LogP contribution in [-0.4, -0.2) is 38.2 Å².